The van der Waals surface area contributed by atoms with Crippen LogP contribution >= 0.6 is 0 Å². The van der Waals surface area contributed by atoms with Crippen molar-refractivity contribution in [3.05, 3.63) is 0 Å². The van der Waals surface area contributed by atoms with Crippen LogP contribution in [0.15, 0.2) is 0 Å². The average Bonchev–Trinajstić information content (AvgIpc) is 2.23. The maximum Gasteiger partial charge on any atom is 0.485 e. The van der Waals surface area contributed by atoms with Gasteiger partial charge in [0.2, 0.25) is 0 Å². The number of alkyl halides is 3. The number of carbonyl (C=O) groups is 1. The Balaban J connectivity index is 0. The molecule has 0 unspecified atom stereocenters. The van der Waals surface area contributed by atoms with Crippen molar-refractivity contribution in [1.29, 1.82) is 0 Å². The van der Waals surface area contributed by atoms with Crippen LogP contribution in [-0.2, 0) is 25.8 Å². The molecule has 4 nitrogen and oxygen atoms in total. The molecule has 0 spiro atoms. The molecule has 128 valence electrons. The summed E-state index contributed by atoms with van der Waals surface area (Å²) < 4.78 is 58.9. The highest BCUT2D eigenvalue weighted by atomic mass is 32.2. The summed E-state index contributed by atoms with van der Waals surface area (Å²) >= 11 is 0. The fourth-order valence-electron chi connectivity index (χ4n) is 1.41. The quantitative estimate of drug-likeness (QED) is 0.418. The maximum absolute atomic E-state index is 11.5. The summed E-state index contributed by atoms with van der Waals surface area (Å²) in [6, 6.07) is 0. The van der Waals surface area contributed by atoms with E-state index in [1.807, 2.05) is 0 Å². The van der Waals surface area contributed by atoms with Crippen LogP contribution in [0.1, 0.15) is 47.5 Å². The molecular formula is C12H23F3O4S2. The first-order valence-corrected chi connectivity index (χ1v) is 9.39. The molecule has 0 aromatic rings. The van der Waals surface area contributed by atoms with Gasteiger partial charge in [0.1, 0.15) is 10.5 Å². The first-order valence-electron chi connectivity index (χ1n) is 6.46. The Labute approximate surface area is 127 Å². The van der Waals surface area contributed by atoms with Gasteiger partial charge in [0.05, 0.1) is 0 Å². The van der Waals surface area contributed by atoms with Crippen molar-refractivity contribution in [3.8, 4) is 0 Å². The minimum Gasteiger partial charge on any atom is -0.741 e. The normalized spacial score (nSPS) is 12.6. The second-order valence-corrected chi connectivity index (χ2v) is 9.38. The van der Waals surface area contributed by atoms with E-state index < -0.39 is 15.6 Å². The van der Waals surface area contributed by atoms with E-state index in [9.17, 15) is 18.0 Å². The van der Waals surface area contributed by atoms with E-state index in [4.69, 9.17) is 13.0 Å². The molecule has 0 rings (SSSR count). The van der Waals surface area contributed by atoms with Crippen molar-refractivity contribution >= 4 is 26.8 Å². The number of hydrogen-bond donors (Lipinski definition) is 0. The molecule has 0 bridgehead atoms. The lowest BCUT2D eigenvalue weighted by Gasteiger charge is -2.14. The molecule has 0 heterocycles. The van der Waals surface area contributed by atoms with Gasteiger partial charge in [0.25, 0.3) is 0 Å². The summed E-state index contributed by atoms with van der Waals surface area (Å²) in [4.78, 5) is 11.5. The van der Waals surface area contributed by atoms with Crippen LogP contribution in [0.2, 0.25) is 0 Å². The number of Topliss-reactive ketones (excluding diaryl/α,β-unsaturated/α-hetero) is 1. The van der Waals surface area contributed by atoms with Gasteiger partial charge in [-0.25, -0.2) is 8.42 Å². The number of halogens is 3. The molecule has 0 saturated heterocycles. The highest BCUT2D eigenvalue weighted by Crippen LogP contribution is 2.20. The van der Waals surface area contributed by atoms with E-state index in [0.29, 0.717) is 27.2 Å². The molecular weight excluding hydrogens is 329 g/mol. The van der Waals surface area contributed by atoms with Crippen molar-refractivity contribution in [3.63, 3.8) is 0 Å². The highest BCUT2D eigenvalue weighted by molar-refractivity contribution is 7.98. The Morgan fingerprint density at radius 2 is 1.48 bits per heavy atom. The third-order valence-corrected chi connectivity index (χ3v) is 6.00. The molecule has 0 radical (unpaired) electrons. The van der Waals surface area contributed by atoms with Crippen LogP contribution in [0.5, 0.6) is 0 Å². The van der Waals surface area contributed by atoms with Gasteiger partial charge in [0.15, 0.2) is 21.7 Å². The van der Waals surface area contributed by atoms with Crippen molar-refractivity contribution in [1.82, 2.24) is 0 Å². The molecule has 0 saturated carbocycles. The summed E-state index contributed by atoms with van der Waals surface area (Å²) in [5, 5.41) is 1.31. The zero-order valence-corrected chi connectivity index (χ0v) is 14.5. The number of hydrogen-bond acceptors (Lipinski definition) is 4. The largest absolute Gasteiger partial charge is 0.741 e. The van der Waals surface area contributed by atoms with Crippen LogP contribution in [0.4, 0.5) is 13.2 Å². The van der Waals surface area contributed by atoms with Crippen LogP contribution in [0, 0.1) is 0 Å². The van der Waals surface area contributed by atoms with Crippen molar-refractivity contribution in [2.45, 2.75) is 63.5 Å². The lowest BCUT2D eigenvalue weighted by molar-refractivity contribution is -0.116. The third-order valence-electron chi connectivity index (χ3n) is 2.35. The predicted octanol–water partition coefficient (Wildman–Crippen LogP) is 2.84. The van der Waals surface area contributed by atoms with Gasteiger partial charge in [0, 0.05) is 6.42 Å². The lowest BCUT2D eigenvalue weighted by Crippen LogP contribution is -2.31. The minimum absolute atomic E-state index is 0.291. The molecule has 9 heteroatoms. The van der Waals surface area contributed by atoms with Crippen LogP contribution in [0.25, 0.3) is 0 Å². The van der Waals surface area contributed by atoms with Gasteiger partial charge < -0.3 is 4.55 Å². The maximum atomic E-state index is 11.5. The van der Waals surface area contributed by atoms with Gasteiger partial charge in [-0.3, -0.25) is 4.79 Å². The second-order valence-electron chi connectivity index (χ2n) is 4.90. The highest BCUT2D eigenvalue weighted by Gasteiger charge is 2.36. The fourth-order valence-corrected chi connectivity index (χ4v) is 3.69. The van der Waals surface area contributed by atoms with E-state index in [-0.39, 0.29) is 0 Å². The molecule has 0 aliphatic heterocycles. The first-order chi connectivity index (χ1) is 9.24. The zero-order chi connectivity index (χ0) is 17.4. The zero-order valence-electron chi connectivity index (χ0n) is 12.9. The molecule has 0 fully saturated rings. The average molecular weight is 352 g/mol. The number of ketones is 1. The second kappa shape index (κ2) is 9.68. The first kappa shape index (κ1) is 23.0. The Hall–Kier alpha value is -0.280. The van der Waals surface area contributed by atoms with E-state index in [1.165, 1.54) is 0 Å². The topological polar surface area (TPSA) is 74.3 Å². The molecule has 0 aromatic carbocycles. The Bertz CT molecular complexity index is 395. The van der Waals surface area contributed by atoms with E-state index in [2.05, 4.69) is 34.6 Å². The molecule has 0 aliphatic rings. The minimum atomic E-state index is -6.09. The third kappa shape index (κ3) is 11.0. The number of rotatable bonds is 6. The van der Waals surface area contributed by atoms with Crippen molar-refractivity contribution < 1.29 is 30.9 Å². The van der Waals surface area contributed by atoms with E-state index in [0.717, 1.165) is 18.6 Å². The molecule has 0 atom stereocenters. The monoisotopic (exact) mass is 352 g/mol. The van der Waals surface area contributed by atoms with Gasteiger partial charge in [-0.05, 0) is 45.0 Å². The summed E-state index contributed by atoms with van der Waals surface area (Å²) in [6.45, 7) is 11.0. The van der Waals surface area contributed by atoms with Crippen LogP contribution in [0.3, 0.4) is 0 Å². The molecule has 0 aromatic heterocycles. The predicted molar refractivity (Wildman–Crippen MR) is 78.2 cm³/mol. The lowest BCUT2D eigenvalue weighted by atomic mass is 10.3. The summed E-state index contributed by atoms with van der Waals surface area (Å²) in [5.74, 6) is 1.26. The van der Waals surface area contributed by atoms with E-state index in [1.54, 1.807) is 0 Å². The SMILES string of the molecule is CCCC(=O)C[S+](C(C)C)C(C)C.O=S(=O)([O-])C(F)(F)F. The standard InChI is InChI=1S/C11H23OS.CHF3O3S/c1-6-7-11(12)8-13(9(2)3)10(4)5;2-1(3,4)8(5,6)7/h9-10H,6-8H2,1-5H3;(H,5,6,7)/q+1;/p-1. The summed E-state index contributed by atoms with van der Waals surface area (Å²) in [5.41, 5.74) is -5.65. The van der Waals surface area contributed by atoms with Gasteiger partial charge in [-0.2, -0.15) is 13.2 Å². The van der Waals surface area contributed by atoms with E-state index >= 15 is 0 Å². The van der Waals surface area contributed by atoms with Crippen molar-refractivity contribution in [2.24, 2.45) is 0 Å². The Morgan fingerprint density at radius 3 is 1.67 bits per heavy atom. The van der Waals surface area contributed by atoms with Gasteiger partial charge >= 0.3 is 5.51 Å². The molecule has 21 heavy (non-hydrogen) atoms. The smallest absolute Gasteiger partial charge is 0.485 e. The summed E-state index contributed by atoms with van der Waals surface area (Å²) in [7, 11) is -5.80. The van der Waals surface area contributed by atoms with Crippen molar-refractivity contribution in [2.75, 3.05) is 5.75 Å². The number of carbonyl (C=O) groups excluding carboxylic acids is 1. The molecule has 0 aliphatic carbocycles. The van der Waals surface area contributed by atoms with Gasteiger partial charge in [-0.15, -0.1) is 0 Å². The van der Waals surface area contributed by atoms with Crippen LogP contribution < -0.4 is 0 Å². The Morgan fingerprint density at radius 1 is 1.14 bits per heavy atom. The summed E-state index contributed by atoms with van der Waals surface area (Å²) in [6.07, 6.45) is 1.76. The molecule has 0 amide bonds. The molecule has 0 N–H and O–H groups in total. The van der Waals surface area contributed by atoms with Crippen LogP contribution in [-0.4, -0.2) is 40.5 Å². The fraction of sp³-hybridized carbons (Fsp3) is 0.917. The Kier molecular flexibility index (Phi) is 10.6. The van der Waals surface area contributed by atoms with Gasteiger partial charge in [-0.1, -0.05) is 6.92 Å².